The SMILES string of the molecule is COc1cccc(F)c1-n1nc2c(-c3cc(N4CCN(C)CC4)ccc3F)n[nH]c2cc1=O. The first-order valence-corrected chi connectivity index (χ1v) is 10.5. The minimum absolute atomic E-state index is 0.120. The number of nitrogens with one attached hydrogen (secondary N) is 1. The molecule has 33 heavy (non-hydrogen) atoms. The van der Waals surface area contributed by atoms with E-state index in [4.69, 9.17) is 4.74 Å². The summed E-state index contributed by atoms with van der Waals surface area (Å²) in [6, 6.07) is 10.4. The van der Waals surface area contributed by atoms with Crippen LogP contribution in [0.15, 0.2) is 47.3 Å². The van der Waals surface area contributed by atoms with Crippen LogP contribution in [-0.2, 0) is 0 Å². The average molecular weight is 452 g/mol. The van der Waals surface area contributed by atoms with Gasteiger partial charge in [-0.1, -0.05) is 6.07 Å². The van der Waals surface area contributed by atoms with Crippen LogP contribution in [-0.4, -0.2) is 65.2 Å². The van der Waals surface area contributed by atoms with E-state index in [0.717, 1.165) is 36.5 Å². The van der Waals surface area contributed by atoms with Gasteiger partial charge < -0.3 is 14.5 Å². The number of fused-ring (bicyclic) bond motifs is 1. The van der Waals surface area contributed by atoms with Gasteiger partial charge in [0.2, 0.25) is 0 Å². The maximum Gasteiger partial charge on any atom is 0.273 e. The van der Waals surface area contributed by atoms with Gasteiger partial charge in [-0.2, -0.15) is 14.9 Å². The Balaban J connectivity index is 1.65. The summed E-state index contributed by atoms with van der Waals surface area (Å²) in [7, 11) is 3.45. The zero-order chi connectivity index (χ0) is 23.1. The van der Waals surface area contributed by atoms with E-state index in [1.54, 1.807) is 12.1 Å². The van der Waals surface area contributed by atoms with Crippen LogP contribution in [0.5, 0.6) is 5.75 Å². The molecule has 1 aliphatic heterocycles. The first-order valence-electron chi connectivity index (χ1n) is 10.5. The van der Waals surface area contributed by atoms with Crippen LogP contribution in [0.3, 0.4) is 0 Å². The summed E-state index contributed by atoms with van der Waals surface area (Å²) in [5.41, 5.74) is 1.23. The summed E-state index contributed by atoms with van der Waals surface area (Å²) >= 11 is 0. The highest BCUT2D eigenvalue weighted by atomic mass is 19.1. The van der Waals surface area contributed by atoms with Crippen LogP contribution in [0, 0.1) is 11.6 Å². The highest BCUT2D eigenvalue weighted by Gasteiger charge is 2.21. The molecule has 2 aromatic heterocycles. The number of likely N-dealkylation sites (N-methyl/N-ethyl adjacent to an activating group) is 1. The fourth-order valence-electron chi connectivity index (χ4n) is 4.06. The summed E-state index contributed by atoms with van der Waals surface area (Å²) in [5, 5.41) is 11.3. The molecule has 0 spiro atoms. The van der Waals surface area contributed by atoms with E-state index in [9.17, 15) is 13.6 Å². The summed E-state index contributed by atoms with van der Waals surface area (Å²) < 4.78 is 35.7. The lowest BCUT2D eigenvalue weighted by Gasteiger charge is -2.34. The lowest BCUT2D eigenvalue weighted by atomic mass is 10.1. The third-order valence-electron chi connectivity index (χ3n) is 5.90. The lowest BCUT2D eigenvalue weighted by molar-refractivity contribution is 0.313. The second-order valence-corrected chi connectivity index (χ2v) is 7.97. The molecule has 1 aliphatic rings. The molecule has 0 aliphatic carbocycles. The predicted molar refractivity (Wildman–Crippen MR) is 121 cm³/mol. The molecule has 0 bridgehead atoms. The van der Waals surface area contributed by atoms with Crippen molar-refractivity contribution in [1.82, 2.24) is 24.9 Å². The molecule has 0 radical (unpaired) electrons. The van der Waals surface area contributed by atoms with E-state index < -0.39 is 17.2 Å². The number of hydrogen-bond acceptors (Lipinski definition) is 6. The highest BCUT2D eigenvalue weighted by Crippen LogP contribution is 2.31. The molecule has 8 nitrogen and oxygen atoms in total. The van der Waals surface area contributed by atoms with Crippen molar-refractivity contribution < 1.29 is 13.5 Å². The fraction of sp³-hybridized carbons (Fsp3) is 0.261. The van der Waals surface area contributed by atoms with Crippen molar-refractivity contribution in [2.24, 2.45) is 0 Å². The topological polar surface area (TPSA) is 79.3 Å². The summed E-state index contributed by atoms with van der Waals surface area (Å²) in [5.74, 6) is -0.988. The third kappa shape index (κ3) is 3.72. The number of piperazine rings is 1. The number of nitrogens with zero attached hydrogens (tertiary/aromatic N) is 5. The van der Waals surface area contributed by atoms with Crippen molar-refractivity contribution in [3.05, 3.63) is 64.5 Å². The number of halogens is 2. The summed E-state index contributed by atoms with van der Waals surface area (Å²) in [6.07, 6.45) is 0. The monoisotopic (exact) mass is 452 g/mol. The van der Waals surface area contributed by atoms with Crippen LogP contribution >= 0.6 is 0 Å². The van der Waals surface area contributed by atoms with Gasteiger partial charge in [-0.25, -0.2) is 8.78 Å². The molecule has 0 amide bonds. The predicted octanol–water partition coefficient (Wildman–Crippen LogP) is 2.81. The number of aromatic amines is 1. The Bertz CT molecular complexity index is 1390. The van der Waals surface area contributed by atoms with Gasteiger partial charge in [0.1, 0.15) is 28.5 Å². The van der Waals surface area contributed by atoms with E-state index in [-0.39, 0.29) is 28.2 Å². The Morgan fingerprint density at radius 3 is 2.58 bits per heavy atom. The largest absolute Gasteiger partial charge is 0.494 e. The van der Waals surface area contributed by atoms with Gasteiger partial charge in [-0.3, -0.25) is 9.89 Å². The van der Waals surface area contributed by atoms with Crippen molar-refractivity contribution in [2.45, 2.75) is 0 Å². The number of para-hydroxylation sites is 1. The molecular formula is C23H22F2N6O2. The number of ether oxygens (including phenoxy) is 1. The zero-order valence-electron chi connectivity index (χ0n) is 18.2. The third-order valence-corrected chi connectivity index (χ3v) is 5.90. The number of hydrogen-bond donors (Lipinski definition) is 1. The number of rotatable bonds is 4. The van der Waals surface area contributed by atoms with Crippen molar-refractivity contribution in [2.75, 3.05) is 45.2 Å². The van der Waals surface area contributed by atoms with Gasteiger partial charge in [0.25, 0.3) is 5.56 Å². The number of anilines is 1. The van der Waals surface area contributed by atoms with E-state index in [1.807, 2.05) is 0 Å². The molecule has 2 aromatic carbocycles. The number of aromatic nitrogens is 4. The van der Waals surface area contributed by atoms with Crippen LogP contribution < -0.4 is 15.2 Å². The van der Waals surface area contributed by atoms with E-state index in [2.05, 4.69) is 32.1 Å². The molecule has 0 saturated carbocycles. The van der Waals surface area contributed by atoms with Crippen molar-refractivity contribution in [3.8, 4) is 22.7 Å². The van der Waals surface area contributed by atoms with Gasteiger partial charge in [0.05, 0.1) is 12.6 Å². The standard InChI is InChI=1S/C23H22F2N6O2/c1-29-8-10-30(11-9-29)14-6-7-16(24)15(12-14)21-22-18(26-27-21)13-20(32)31(28-22)23-17(25)4-3-5-19(23)33-2/h3-7,12-13,26H,8-11H2,1-2H3. The Morgan fingerprint density at radius 1 is 1.03 bits per heavy atom. The minimum Gasteiger partial charge on any atom is -0.494 e. The van der Waals surface area contributed by atoms with Crippen molar-refractivity contribution >= 4 is 16.7 Å². The van der Waals surface area contributed by atoms with Gasteiger partial charge in [0, 0.05) is 43.5 Å². The molecular weight excluding hydrogens is 430 g/mol. The Labute approximate surface area is 188 Å². The second-order valence-electron chi connectivity index (χ2n) is 7.97. The molecule has 0 atom stereocenters. The quantitative estimate of drug-likeness (QED) is 0.513. The number of benzene rings is 2. The van der Waals surface area contributed by atoms with E-state index in [0.29, 0.717) is 5.52 Å². The second kappa shape index (κ2) is 8.28. The van der Waals surface area contributed by atoms with Crippen LogP contribution in [0.4, 0.5) is 14.5 Å². The van der Waals surface area contributed by atoms with Gasteiger partial charge in [-0.15, -0.1) is 0 Å². The average Bonchev–Trinajstić information content (AvgIpc) is 3.21. The van der Waals surface area contributed by atoms with Crippen LogP contribution in [0.1, 0.15) is 0 Å². The van der Waals surface area contributed by atoms with Crippen molar-refractivity contribution in [3.63, 3.8) is 0 Å². The molecule has 10 heteroatoms. The van der Waals surface area contributed by atoms with Crippen LogP contribution in [0.2, 0.25) is 0 Å². The van der Waals surface area contributed by atoms with Gasteiger partial charge in [-0.05, 0) is 37.4 Å². The number of H-pyrrole nitrogens is 1. The molecule has 4 aromatic rings. The molecule has 1 fully saturated rings. The molecule has 170 valence electrons. The van der Waals surface area contributed by atoms with E-state index in [1.165, 1.54) is 37.4 Å². The molecule has 0 unspecified atom stereocenters. The normalized spacial score (nSPS) is 14.7. The molecule has 3 heterocycles. The molecule has 1 saturated heterocycles. The first-order chi connectivity index (χ1) is 16.0. The lowest BCUT2D eigenvalue weighted by Crippen LogP contribution is -2.44. The first kappa shape index (κ1) is 21.1. The summed E-state index contributed by atoms with van der Waals surface area (Å²) in [4.78, 5) is 17.1. The maximum atomic E-state index is 14.9. The maximum absolute atomic E-state index is 14.9. The molecule has 1 N–H and O–H groups in total. The fourth-order valence-corrected chi connectivity index (χ4v) is 4.06. The van der Waals surface area contributed by atoms with E-state index >= 15 is 0 Å². The molecule has 5 rings (SSSR count). The Hall–Kier alpha value is -3.79. The Morgan fingerprint density at radius 2 is 1.82 bits per heavy atom. The minimum atomic E-state index is -0.670. The van der Waals surface area contributed by atoms with Gasteiger partial charge in [0.15, 0.2) is 5.82 Å². The van der Waals surface area contributed by atoms with Crippen molar-refractivity contribution in [1.29, 1.82) is 0 Å². The number of methoxy groups -OCH3 is 1. The smallest absolute Gasteiger partial charge is 0.273 e. The zero-order valence-corrected chi connectivity index (χ0v) is 18.2. The van der Waals surface area contributed by atoms with Gasteiger partial charge >= 0.3 is 0 Å². The summed E-state index contributed by atoms with van der Waals surface area (Å²) in [6.45, 7) is 3.48. The van der Waals surface area contributed by atoms with Crippen LogP contribution in [0.25, 0.3) is 28.0 Å². The highest BCUT2D eigenvalue weighted by molar-refractivity contribution is 5.90. The Kier molecular flexibility index (Phi) is 5.29.